The van der Waals surface area contributed by atoms with E-state index in [1.54, 1.807) is 72.8 Å². The van der Waals surface area contributed by atoms with Crippen LogP contribution >= 0.6 is 27.5 Å². The number of halogens is 2. The molecule has 156 valence electrons. The van der Waals surface area contributed by atoms with E-state index in [0.717, 1.165) is 4.47 Å². The van der Waals surface area contributed by atoms with E-state index in [9.17, 15) is 14.4 Å². The highest BCUT2D eigenvalue weighted by molar-refractivity contribution is 9.10. The maximum atomic E-state index is 12.2. The van der Waals surface area contributed by atoms with E-state index in [0.29, 0.717) is 11.3 Å². The lowest BCUT2D eigenvalue weighted by atomic mass is 10.2. The number of hydrogen-bond donors (Lipinski definition) is 2. The summed E-state index contributed by atoms with van der Waals surface area (Å²) in [5, 5.41) is 6.50. The van der Waals surface area contributed by atoms with E-state index < -0.39 is 17.8 Å². The number of nitrogens with zero attached hydrogens (tertiary/aromatic N) is 1. The molecule has 0 spiro atoms. The summed E-state index contributed by atoms with van der Waals surface area (Å²) in [4.78, 5) is 36.0. The summed E-state index contributed by atoms with van der Waals surface area (Å²) in [7, 11) is 0. The van der Waals surface area contributed by atoms with E-state index in [1.807, 2.05) is 0 Å². The summed E-state index contributed by atoms with van der Waals surface area (Å²) in [6.07, 6.45) is 1.32. The van der Waals surface area contributed by atoms with Crippen LogP contribution in [0.4, 0.5) is 5.69 Å². The van der Waals surface area contributed by atoms with Gasteiger partial charge in [0, 0.05) is 10.2 Å². The molecule has 0 aliphatic carbocycles. The van der Waals surface area contributed by atoms with Crippen molar-refractivity contribution in [1.29, 1.82) is 0 Å². The van der Waals surface area contributed by atoms with Gasteiger partial charge >= 0.3 is 17.8 Å². The van der Waals surface area contributed by atoms with Crippen LogP contribution in [0.25, 0.3) is 0 Å². The van der Waals surface area contributed by atoms with Gasteiger partial charge in [0.2, 0.25) is 0 Å². The molecule has 3 aromatic rings. The number of amides is 2. The SMILES string of the molecule is O=C(N/N=C/c1cccc(OC(=O)c2ccccc2Cl)c1)C(=O)Nc1ccc(Br)cc1. The summed E-state index contributed by atoms with van der Waals surface area (Å²) in [6.45, 7) is 0. The maximum absolute atomic E-state index is 12.2. The summed E-state index contributed by atoms with van der Waals surface area (Å²) >= 11 is 9.29. The topological polar surface area (TPSA) is 96.9 Å². The fourth-order valence-electron chi connectivity index (χ4n) is 2.38. The molecule has 7 nitrogen and oxygen atoms in total. The lowest BCUT2D eigenvalue weighted by Crippen LogP contribution is -2.32. The Balaban J connectivity index is 1.57. The first-order valence-corrected chi connectivity index (χ1v) is 10.1. The molecule has 2 N–H and O–H groups in total. The molecule has 0 bridgehead atoms. The van der Waals surface area contributed by atoms with Gasteiger partial charge in [0.1, 0.15) is 5.75 Å². The van der Waals surface area contributed by atoms with Crippen LogP contribution in [0.3, 0.4) is 0 Å². The summed E-state index contributed by atoms with van der Waals surface area (Å²) < 4.78 is 6.17. The molecular weight excluding hydrogens is 486 g/mol. The normalized spacial score (nSPS) is 10.5. The molecule has 0 aliphatic heterocycles. The molecule has 0 fully saturated rings. The highest BCUT2D eigenvalue weighted by Gasteiger charge is 2.13. The smallest absolute Gasteiger partial charge is 0.345 e. The number of hydrazone groups is 1. The molecule has 2 amide bonds. The van der Waals surface area contributed by atoms with Crippen molar-refractivity contribution in [3.05, 3.63) is 93.4 Å². The third-order valence-electron chi connectivity index (χ3n) is 3.85. The zero-order valence-electron chi connectivity index (χ0n) is 15.8. The van der Waals surface area contributed by atoms with Gasteiger partial charge in [-0.15, -0.1) is 0 Å². The quantitative estimate of drug-likeness (QED) is 0.178. The molecule has 0 aromatic heterocycles. The van der Waals surface area contributed by atoms with Gasteiger partial charge in [-0.1, -0.05) is 51.8 Å². The van der Waals surface area contributed by atoms with Gasteiger partial charge in [0.25, 0.3) is 0 Å². The van der Waals surface area contributed by atoms with Crippen molar-refractivity contribution in [3.8, 4) is 5.75 Å². The number of ether oxygens (including phenoxy) is 1. The van der Waals surface area contributed by atoms with Crippen LogP contribution in [0.5, 0.6) is 5.75 Å². The Morgan fingerprint density at radius 2 is 1.68 bits per heavy atom. The number of nitrogens with one attached hydrogen (secondary N) is 2. The monoisotopic (exact) mass is 499 g/mol. The molecule has 3 rings (SSSR count). The zero-order chi connectivity index (χ0) is 22.2. The Morgan fingerprint density at radius 3 is 2.42 bits per heavy atom. The number of carbonyl (C=O) groups excluding carboxylic acids is 3. The molecule has 0 unspecified atom stereocenters. The largest absolute Gasteiger partial charge is 0.423 e. The first kappa shape index (κ1) is 22.2. The predicted molar refractivity (Wildman–Crippen MR) is 121 cm³/mol. The van der Waals surface area contributed by atoms with Crippen molar-refractivity contribution in [2.24, 2.45) is 5.10 Å². The van der Waals surface area contributed by atoms with Crippen molar-refractivity contribution < 1.29 is 19.1 Å². The highest BCUT2D eigenvalue weighted by atomic mass is 79.9. The van der Waals surface area contributed by atoms with Gasteiger partial charge in [0.05, 0.1) is 16.8 Å². The van der Waals surface area contributed by atoms with Gasteiger partial charge in [-0.05, 0) is 54.1 Å². The number of rotatable bonds is 5. The molecule has 3 aromatic carbocycles. The lowest BCUT2D eigenvalue weighted by molar-refractivity contribution is -0.136. The Labute approximate surface area is 191 Å². The fraction of sp³-hybridized carbons (Fsp3) is 0. The van der Waals surface area contributed by atoms with Crippen molar-refractivity contribution in [1.82, 2.24) is 5.43 Å². The van der Waals surface area contributed by atoms with Crippen molar-refractivity contribution in [3.63, 3.8) is 0 Å². The van der Waals surface area contributed by atoms with Crippen LogP contribution in [0.2, 0.25) is 5.02 Å². The predicted octanol–water partition coefficient (Wildman–Crippen LogP) is 4.41. The number of anilines is 1. The summed E-state index contributed by atoms with van der Waals surface area (Å²) in [6, 6.07) is 19.8. The third-order valence-corrected chi connectivity index (χ3v) is 4.71. The second-order valence-corrected chi connectivity index (χ2v) is 7.42. The van der Waals surface area contributed by atoms with Gasteiger partial charge in [-0.2, -0.15) is 5.10 Å². The van der Waals surface area contributed by atoms with E-state index in [4.69, 9.17) is 16.3 Å². The Morgan fingerprint density at radius 1 is 0.935 bits per heavy atom. The molecule has 0 saturated heterocycles. The number of carbonyl (C=O) groups is 3. The van der Waals surface area contributed by atoms with Crippen molar-refractivity contribution in [2.75, 3.05) is 5.32 Å². The molecule has 0 heterocycles. The minimum absolute atomic E-state index is 0.243. The average molecular weight is 501 g/mol. The van der Waals surface area contributed by atoms with Gasteiger partial charge in [-0.3, -0.25) is 9.59 Å². The summed E-state index contributed by atoms with van der Waals surface area (Å²) in [5.74, 6) is -2.12. The van der Waals surface area contributed by atoms with E-state index in [1.165, 1.54) is 6.21 Å². The second kappa shape index (κ2) is 10.5. The first-order chi connectivity index (χ1) is 14.9. The van der Waals surface area contributed by atoms with Gasteiger partial charge in [0.15, 0.2) is 0 Å². The molecule has 31 heavy (non-hydrogen) atoms. The van der Waals surface area contributed by atoms with Crippen molar-refractivity contribution >= 4 is 57.2 Å². The molecule has 0 atom stereocenters. The first-order valence-electron chi connectivity index (χ1n) is 8.89. The standard InChI is InChI=1S/C22H15BrClN3O4/c23-15-8-10-16(11-9-15)26-20(28)21(29)27-25-13-14-4-3-5-17(12-14)31-22(30)18-6-1-2-7-19(18)24/h1-13H,(H,26,28)(H,27,29)/b25-13+. The van der Waals surface area contributed by atoms with Crippen molar-refractivity contribution in [2.45, 2.75) is 0 Å². The fourth-order valence-corrected chi connectivity index (χ4v) is 2.86. The Hall–Kier alpha value is -3.49. The van der Waals surface area contributed by atoms with Gasteiger partial charge in [-0.25, -0.2) is 10.2 Å². The van der Waals surface area contributed by atoms with E-state index in [-0.39, 0.29) is 16.3 Å². The zero-order valence-corrected chi connectivity index (χ0v) is 18.2. The number of esters is 1. The third kappa shape index (κ3) is 6.50. The highest BCUT2D eigenvalue weighted by Crippen LogP contribution is 2.19. The molecule has 0 radical (unpaired) electrons. The Bertz CT molecular complexity index is 1150. The van der Waals surface area contributed by atoms with Crippen LogP contribution in [0.15, 0.2) is 82.4 Å². The number of benzene rings is 3. The second-order valence-electron chi connectivity index (χ2n) is 6.10. The number of hydrogen-bond acceptors (Lipinski definition) is 5. The van der Waals surface area contributed by atoms with Gasteiger partial charge < -0.3 is 10.1 Å². The van der Waals surface area contributed by atoms with Crippen LogP contribution in [0.1, 0.15) is 15.9 Å². The average Bonchev–Trinajstić information content (AvgIpc) is 2.75. The molecular formula is C22H15BrClN3O4. The van der Waals surface area contributed by atoms with Crippen LogP contribution in [-0.4, -0.2) is 24.0 Å². The van der Waals surface area contributed by atoms with Crippen LogP contribution in [-0.2, 0) is 9.59 Å². The van der Waals surface area contributed by atoms with E-state index >= 15 is 0 Å². The minimum Gasteiger partial charge on any atom is -0.423 e. The molecule has 0 saturated carbocycles. The molecule has 9 heteroatoms. The van der Waals surface area contributed by atoms with Crippen LogP contribution < -0.4 is 15.5 Å². The molecule has 0 aliphatic rings. The van der Waals surface area contributed by atoms with Crippen LogP contribution in [0, 0.1) is 0 Å². The summed E-state index contributed by atoms with van der Waals surface area (Å²) in [5.41, 5.74) is 3.40. The minimum atomic E-state index is -0.930. The Kier molecular flexibility index (Phi) is 7.53. The van der Waals surface area contributed by atoms with E-state index in [2.05, 4.69) is 31.8 Å². The maximum Gasteiger partial charge on any atom is 0.345 e. The lowest BCUT2D eigenvalue weighted by Gasteiger charge is -2.06.